The minimum atomic E-state index is -0.438. The molecule has 0 aromatic heterocycles. The molecule has 0 heterocycles. The van der Waals surface area contributed by atoms with Crippen LogP contribution in [0.3, 0.4) is 0 Å². The Balaban J connectivity index is 2.17. The molecule has 0 aliphatic carbocycles. The molecular formula is C15H13ClN2O. The van der Waals surface area contributed by atoms with Crippen LogP contribution in [0.2, 0.25) is 5.02 Å². The smallest absolute Gasteiger partial charge is 0.140 e. The van der Waals surface area contributed by atoms with E-state index in [-0.39, 0.29) is 0 Å². The normalized spacial score (nSPS) is 11.4. The molecule has 0 aliphatic heterocycles. The van der Waals surface area contributed by atoms with Gasteiger partial charge in [-0.2, -0.15) is 5.26 Å². The molecule has 0 fully saturated rings. The van der Waals surface area contributed by atoms with Crippen LogP contribution in [-0.2, 0) is 0 Å². The lowest BCUT2D eigenvalue weighted by Gasteiger charge is -2.13. The molecule has 0 radical (unpaired) electrons. The van der Waals surface area contributed by atoms with Crippen molar-refractivity contribution in [3.63, 3.8) is 0 Å². The summed E-state index contributed by atoms with van der Waals surface area (Å²) in [5.41, 5.74) is 1.69. The standard InChI is InChI=1S/C15H13ClN2O/c1-19-14-7-5-13(6-8-14)18-15(10-17)11-3-2-4-12(16)9-11/h2-9,15,18H,1H3. The number of rotatable bonds is 4. The molecule has 0 spiro atoms. The number of hydrogen-bond donors (Lipinski definition) is 1. The fraction of sp³-hybridized carbons (Fsp3) is 0.133. The molecule has 0 amide bonds. The first kappa shape index (κ1) is 13.3. The third-order valence-electron chi connectivity index (χ3n) is 2.71. The van der Waals surface area contributed by atoms with Gasteiger partial charge in [0, 0.05) is 10.7 Å². The van der Waals surface area contributed by atoms with Gasteiger partial charge in [-0.15, -0.1) is 0 Å². The number of methoxy groups -OCH3 is 1. The summed E-state index contributed by atoms with van der Waals surface area (Å²) in [6, 6.07) is 16.5. The second-order valence-corrected chi connectivity index (χ2v) is 4.43. The van der Waals surface area contributed by atoms with Crippen LogP contribution >= 0.6 is 11.6 Å². The summed E-state index contributed by atoms with van der Waals surface area (Å²) < 4.78 is 5.09. The minimum Gasteiger partial charge on any atom is -0.497 e. The van der Waals surface area contributed by atoms with E-state index in [1.807, 2.05) is 36.4 Å². The molecule has 0 bridgehead atoms. The van der Waals surface area contributed by atoms with Crippen LogP contribution < -0.4 is 10.1 Å². The first-order chi connectivity index (χ1) is 9.22. The highest BCUT2D eigenvalue weighted by molar-refractivity contribution is 6.30. The summed E-state index contributed by atoms with van der Waals surface area (Å²) in [7, 11) is 1.62. The van der Waals surface area contributed by atoms with Gasteiger partial charge in [0.05, 0.1) is 13.2 Å². The van der Waals surface area contributed by atoms with Crippen molar-refractivity contribution in [1.29, 1.82) is 5.26 Å². The Labute approximate surface area is 117 Å². The van der Waals surface area contributed by atoms with Crippen molar-refractivity contribution in [3.8, 4) is 11.8 Å². The first-order valence-corrected chi connectivity index (χ1v) is 6.16. The predicted octanol–water partition coefficient (Wildman–Crippen LogP) is 4.03. The van der Waals surface area contributed by atoms with Crippen molar-refractivity contribution in [1.82, 2.24) is 0 Å². The van der Waals surface area contributed by atoms with Crippen molar-refractivity contribution in [2.24, 2.45) is 0 Å². The van der Waals surface area contributed by atoms with Gasteiger partial charge in [-0.3, -0.25) is 0 Å². The van der Waals surface area contributed by atoms with Crippen molar-refractivity contribution in [3.05, 3.63) is 59.1 Å². The molecule has 19 heavy (non-hydrogen) atoms. The maximum Gasteiger partial charge on any atom is 0.140 e. The van der Waals surface area contributed by atoms with Gasteiger partial charge in [0.25, 0.3) is 0 Å². The van der Waals surface area contributed by atoms with E-state index in [0.29, 0.717) is 5.02 Å². The maximum atomic E-state index is 9.25. The zero-order valence-electron chi connectivity index (χ0n) is 10.4. The number of halogens is 1. The van der Waals surface area contributed by atoms with Crippen LogP contribution in [-0.4, -0.2) is 7.11 Å². The number of anilines is 1. The molecule has 2 aromatic rings. The van der Waals surface area contributed by atoms with E-state index in [1.165, 1.54) is 0 Å². The Morgan fingerprint density at radius 3 is 2.53 bits per heavy atom. The predicted molar refractivity (Wildman–Crippen MR) is 76.4 cm³/mol. The summed E-state index contributed by atoms with van der Waals surface area (Å²) >= 11 is 5.93. The number of nitrogens with zero attached hydrogens (tertiary/aromatic N) is 1. The second-order valence-electron chi connectivity index (χ2n) is 3.99. The van der Waals surface area contributed by atoms with E-state index in [0.717, 1.165) is 17.0 Å². The molecular weight excluding hydrogens is 260 g/mol. The zero-order valence-corrected chi connectivity index (χ0v) is 11.2. The molecule has 3 nitrogen and oxygen atoms in total. The average molecular weight is 273 g/mol. The molecule has 0 saturated heterocycles. The lowest BCUT2D eigenvalue weighted by Crippen LogP contribution is -2.08. The van der Waals surface area contributed by atoms with Gasteiger partial charge < -0.3 is 10.1 Å². The fourth-order valence-corrected chi connectivity index (χ4v) is 1.93. The summed E-state index contributed by atoms with van der Waals surface area (Å²) in [5, 5.41) is 13.0. The SMILES string of the molecule is COc1ccc(NC(C#N)c2cccc(Cl)c2)cc1. The largest absolute Gasteiger partial charge is 0.497 e. The van der Waals surface area contributed by atoms with Crippen LogP contribution in [0.4, 0.5) is 5.69 Å². The Bertz CT molecular complexity index is 590. The molecule has 0 saturated carbocycles. The van der Waals surface area contributed by atoms with E-state index in [2.05, 4.69) is 11.4 Å². The summed E-state index contributed by atoms with van der Waals surface area (Å²) in [6.07, 6.45) is 0. The summed E-state index contributed by atoms with van der Waals surface area (Å²) in [6.45, 7) is 0. The van der Waals surface area contributed by atoms with Gasteiger partial charge in [0.2, 0.25) is 0 Å². The Morgan fingerprint density at radius 1 is 1.21 bits per heavy atom. The minimum absolute atomic E-state index is 0.438. The Kier molecular flexibility index (Phi) is 4.27. The highest BCUT2D eigenvalue weighted by Crippen LogP contribution is 2.23. The van der Waals surface area contributed by atoms with Gasteiger partial charge in [-0.1, -0.05) is 23.7 Å². The summed E-state index contributed by atoms with van der Waals surface area (Å²) in [5.74, 6) is 0.779. The molecule has 2 rings (SSSR count). The quantitative estimate of drug-likeness (QED) is 0.914. The van der Waals surface area contributed by atoms with Gasteiger partial charge in [-0.25, -0.2) is 0 Å². The maximum absolute atomic E-state index is 9.25. The highest BCUT2D eigenvalue weighted by atomic mass is 35.5. The van der Waals surface area contributed by atoms with E-state index < -0.39 is 6.04 Å². The first-order valence-electron chi connectivity index (χ1n) is 5.78. The molecule has 96 valence electrons. The lowest BCUT2D eigenvalue weighted by atomic mass is 10.1. The van der Waals surface area contributed by atoms with E-state index >= 15 is 0 Å². The van der Waals surface area contributed by atoms with Gasteiger partial charge in [0.15, 0.2) is 0 Å². The van der Waals surface area contributed by atoms with E-state index in [1.54, 1.807) is 19.2 Å². The monoisotopic (exact) mass is 272 g/mol. The highest BCUT2D eigenvalue weighted by Gasteiger charge is 2.10. The molecule has 1 N–H and O–H groups in total. The average Bonchev–Trinajstić information content (AvgIpc) is 2.45. The van der Waals surface area contributed by atoms with Gasteiger partial charge >= 0.3 is 0 Å². The van der Waals surface area contributed by atoms with Crippen molar-refractivity contribution < 1.29 is 4.74 Å². The summed E-state index contributed by atoms with van der Waals surface area (Å²) in [4.78, 5) is 0. The third kappa shape index (κ3) is 3.40. The third-order valence-corrected chi connectivity index (χ3v) is 2.95. The molecule has 0 aliphatic rings. The van der Waals surface area contributed by atoms with Crippen LogP contribution in [0.5, 0.6) is 5.75 Å². The molecule has 1 atom stereocenters. The number of nitriles is 1. The van der Waals surface area contributed by atoms with Crippen molar-refractivity contribution in [2.45, 2.75) is 6.04 Å². The zero-order chi connectivity index (χ0) is 13.7. The number of nitrogens with one attached hydrogen (secondary N) is 1. The van der Waals surface area contributed by atoms with Crippen LogP contribution in [0.1, 0.15) is 11.6 Å². The van der Waals surface area contributed by atoms with Crippen LogP contribution in [0.15, 0.2) is 48.5 Å². The fourth-order valence-electron chi connectivity index (χ4n) is 1.73. The van der Waals surface area contributed by atoms with Gasteiger partial charge in [0.1, 0.15) is 11.8 Å². The van der Waals surface area contributed by atoms with Crippen LogP contribution in [0, 0.1) is 11.3 Å². The van der Waals surface area contributed by atoms with Crippen molar-refractivity contribution >= 4 is 17.3 Å². The Morgan fingerprint density at radius 2 is 1.95 bits per heavy atom. The Hall–Kier alpha value is -2.18. The van der Waals surface area contributed by atoms with Crippen LogP contribution in [0.25, 0.3) is 0 Å². The van der Waals surface area contributed by atoms with Gasteiger partial charge in [-0.05, 0) is 42.0 Å². The lowest BCUT2D eigenvalue weighted by molar-refractivity contribution is 0.415. The van der Waals surface area contributed by atoms with Crippen molar-refractivity contribution in [2.75, 3.05) is 12.4 Å². The van der Waals surface area contributed by atoms with E-state index in [4.69, 9.17) is 16.3 Å². The molecule has 4 heteroatoms. The molecule has 2 aromatic carbocycles. The molecule has 1 unspecified atom stereocenters. The topological polar surface area (TPSA) is 45.0 Å². The number of hydrogen-bond acceptors (Lipinski definition) is 3. The number of ether oxygens (including phenoxy) is 1. The van der Waals surface area contributed by atoms with E-state index in [9.17, 15) is 5.26 Å². The number of benzene rings is 2. The second kappa shape index (κ2) is 6.12.